The molecule has 0 amide bonds. The molecule has 130 valence electrons. The lowest BCUT2D eigenvalue weighted by molar-refractivity contribution is -0.144. The molecule has 3 rings (SSSR count). The Bertz CT molecular complexity index is 696. The number of para-hydroxylation sites is 1. The average Bonchev–Trinajstić information content (AvgIpc) is 3.08. The van der Waals surface area contributed by atoms with Crippen LogP contribution < -0.4 is 5.32 Å². The molecule has 2 heterocycles. The fourth-order valence-corrected chi connectivity index (χ4v) is 3.19. The first-order valence-corrected chi connectivity index (χ1v) is 8.31. The molecule has 1 fully saturated rings. The van der Waals surface area contributed by atoms with E-state index in [0.717, 1.165) is 19.5 Å². The lowest BCUT2D eigenvalue weighted by atomic mass is 10.2. The van der Waals surface area contributed by atoms with Gasteiger partial charge >= 0.3 is 6.18 Å². The molecule has 0 aliphatic carbocycles. The number of likely N-dealkylation sites (tertiary alicyclic amines) is 1. The van der Waals surface area contributed by atoms with E-state index in [2.05, 4.69) is 27.1 Å². The highest BCUT2D eigenvalue weighted by atomic mass is 19.4. The Labute approximate surface area is 139 Å². The highest BCUT2D eigenvalue weighted by Crippen LogP contribution is 2.30. The largest absolute Gasteiger partial charge is 0.451 e. The van der Waals surface area contributed by atoms with Crippen molar-refractivity contribution in [3.8, 4) is 0 Å². The van der Waals surface area contributed by atoms with E-state index in [-0.39, 0.29) is 5.82 Å². The molecule has 1 aromatic carbocycles. The molecule has 1 aliphatic rings. The number of nitrogens with zero attached hydrogens (tertiary/aromatic N) is 3. The van der Waals surface area contributed by atoms with Crippen molar-refractivity contribution in [3.05, 3.63) is 30.1 Å². The summed E-state index contributed by atoms with van der Waals surface area (Å²) >= 11 is 0. The van der Waals surface area contributed by atoms with Crippen molar-refractivity contribution in [3.63, 3.8) is 0 Å². The molecular formula is C17H21F3N4. The Kier molecular flexibility index (Phi) is 4.89. The Balaban J connectivity index is 1.87. The van der Waals surface area contributed by atoms with Gasteiger partial charge in [0.1, 0.15) is 5.82 Å². The van der Waals surface area contributed by atoms with Gasteiger partial charge in [0.2, 0.25) is 5.82 Å². The molecule has 4 nitrogen and oxygen atoms in total. The van der Waals surface area contributed by atoms with Crippen LogP contribution in [0.4, 0.5) is 19.0 Å². The number of anilines is 1. The van der Waals surface area contributed by atoms with Gasteiger partial charge in [0.15, 0.2) is 0 Å². The van der Waals surface area contributed by atoms with Gasteiger partial charge < -0.3 is 5.32 Å². The molecule has 0 saturated carbocycles. The van der Waals surface area contributed by atoms with Gasteiger partial charge in [-0.3, -0.25) is 4.90 Å². The normalized spacial score (nSPS) is 17.3. The van der Waals surface area contributed by atoms with E-state index in [1.807, 2.05) is 0 Å². The standard InChI is InChI=1S/C17H21F3N4/c1-2-12(24-9-5-6-10-24)11-21-15-13-7-3-4-8-14(13)22-16(23-15)17(18,19)20/h3-4,7-8,12H,2,5-6,9-11H2,1H3,(H,21,22,23). The SMILES string of the molecule is CCC(CNc1nc(C(F)(F)F)nc2ccccc12)N1CCCC1. The number of rotatable bonds is 5. The van der Waals surface area contributed by atoms with E-state index in [4.69, 9.17) is 0 Å². The van der Waals surface area contributed by atoms with Crippen LogP contribution in [0.1, 0.15) is 32.0 Å². The minimum absolute atomic E-state index is 0.255. The minimum atomic E-state index is -4.56. The lowest BCUT2D eigenvalue weighted by Crippen LogP contribution is -2.37. The summed E-state index contributed by atoms with van der Waals surface area (Å²) in [6.07, 6.45) is -1.24. The third-order valence-electron chi connectivity index (χ3n) is 4.49. The van der Waals surface area contributed by atoms with Crippen molar-refractivity contribution < 1.29 is 13.2 Å². The summed E-state index contributed by atoms with van der Waals surface area (Å²) in [6, 6.07) is 7.08. The summed E-state index contributed by atoms with van der Waals surface area (Å²) in [5.41, 5.74) is 0.302. The monoisotopic (exact) mass is 338 g/mol. The minimum Gasteiger partial charge on any atom is -0.368 e. The van der Waals surface area contributed by atoms with Crippen LogP contribution in [-0.2, 0) is 6.18 Å². The first kappa shape index (κ1) is 17.0. The summed E-state index contributed by atoms with van der Waals surface area (Å²) < 4.78 is 39.1. The highest BCUT2D eigenvalue weighted by molar-refractivity contribution is 5.89. The Morgan fingerprint density at radius 2 is 1.88 bits per heavy atom. The molecule has 0 radical (unpaired) electrons. The van der Waals surface area contributed by atoms with Crippen molar-refractivity contribution in [1.29, 1.82) is 0 Å². The smallest absolute Gasteiger partial charge is 0.368 e. The van der Waals surface area contributed by atoms with Gasteiger partial charge in [-0.2, -0.15) is 13.2 Å². The molecule has 1 aromatic heterocycles. The first-order chi connectivity index (χ1) is 11.5. The second kappa shape index (κ2) is 6.93. The van der Waals surface area contributed by atoms with Gasteiger partial charge in [0.05, 0.1) is 5.52 Å². The maximum absolute atomic E-state index is 13.0. The van der Waals surface area contributed by atoms with E-state index in [0.29, 0.717) is 23.5 Å². The molecular weight excluding hydrogens is 317 g/mol. The third kappa shape index (κ3) is 3.61. The van der Waals surface area contributed by atoms with Crippen LogP contribution in [0, 0.1) is 0 Å². The van der Waals surface area contributed by atoms with Crippen LogP contribution in [0.2, 0.25) is 0 Å². The maximum Gasteiger partial charge on any atom is 0.451 e. The van der Waals surface area contributed by atoms with Gasteiger partial charge in [0.25, 0.3) is 0 Å². The summed E-state index contributed by atoms with van der Waals surface area (Å²) in [7, 11) is 0. The van der Waals surface area contributed by atoms with E-state index < -0.39 is 12.0 Å². The zero-order chi connectivity index (χ0) is 17.2. The van der Waals surface area contributed by atoms with Crippen molar-refractivity contribution in [2.45, 2.75) is 38.4 Å². The zero-order valence-electron chi connectivity index (χ0n) is 13.6. The maximum atomic E-state index is 13.0. The van der Waals surface area contributed by atoms with Crippen molar-refractivity contribution >= 4 is 16.7 Å². The van der Waals surface area contributed by atoms with Crippen LogP contribution in [0.25, 0.3) is 10.9 Å². The molecule has 2 aromatic rings. The Morgan fingerprint density at radius 1 is 1.17 bits per heavy atom. The summed E-state index contributed by atoms with van der Waals surface area (Å²) in [6.45, 7) is 4.79. The fourth-order valence-electron chi connectivity index (χ4n) is 3.19. The van der Waals surface area contributed by atoms with Crippen molar-refractivity contribution in [2.24, 2.45) is 0 Å². The number of alkyl halides is 3. The fraction of sp³-hybridized carbons (Fsp3) is 0.529. The second-order valence-corrected chi connectivity index (χ2v) is 6.10. The highest BCUT2D eigenvalue weighted by Gasteiger charge is 2.35. The summed E-state index contributed by atoms with van der Waals surface area (Å²) in [5, 5.41) is 3.75. The van der Waals surface area contributed by atoms with Gasteiger partial charge in [-0.25, -0.2) is 9.97 Å². The van der Waals surface area contributed by atoms with Crippen LogP contribution >= 0.6 is 0 Å². The van der Waals surface area contributed by atoms with E-state index in [9.17, 15) is 13.2 Å². The number of hydrogen-bond donors (Lipinski definition) is 1. The third-order valence-corrected chi connectivity index (χ3v) is 4.49. The number of nitrogens with one attached hydrogen (secondary N) is 1. The zero-order valence-corrected chi connectivity index (χ0v) is 13.6. The molecule has 0 spiro atoms. The van der Waals surface area contributed by atoms with Gasteiger partial charge in [-0.1, -0.05) is 19.1 Å². The molecule has 1 atom stereocenters. The predicted octanol–water partition coefficient (Wildman–Crippen LogP) is 3.93. The average molecular weight is 338 g/mol. The van der Waals surface area contributed by atoms with Crippen molar-refractivity contribution in [2.75, 3.05) is 25.0 Å². The lowest BCUT2D eigenvalue weighted by Gasteiger charge is -2.27. The van der Waals surface area contributed by atoms with Gasteiger partial charge in [-0.05, 0) is 44.5 Å². The van der Waals surface area contributed by atoms with E-state index in [1.54, 1.807) is 24.3 Å². The number of aromatic nitrogens is 2. The number of halogens is 3. The molecule has 1 aliphatic heterocycles. The molecule has 1 unspecified atom stereocenters. The number of hydrogen-bond acceptors (Lipinski definition) is 4. The van der Waals surface area contributed by atoms with Crippen molar-refractivity contribution in [1.82, 2.24) is 14.9 Å². The first-order valence-electron chi connectivity index (χ1n) is 8.31. The van der Waals surface area contributed by atoms with Crippen LogP contribution in [-0.4, -0.2) is 40.5 Å². The molecule has 1 saturated heterocycles. The summed E-state index contributed by atoms with van der Waals surface area (Å²) in [5.74, 6) is -0.844. The molecule has 24 heavy (non-hydrogen) atoms. The van der Waals surface area contributed by atoms with Crippen LogP contribution in [0.15, 0.2) is 24.3 Å². The van der Waals surface area contributed by atoms with E-state index in [1.165, 1.54) is 12.8 Å². The Hall–Kier alpha value is -1.89. The van der Waals surface area contributed by atoms with Gasteiger partial charge in [0, 0.05) is 18.0 Å². The van der Waals surface area contributed by atoms with Crippen LogP contribution in [0.3, 0.4) is 0 Å². The number of fused-ring (bicyclic) bond motifs is 1. The molecule has 1 N–H and O–H groups in total. The predicted molar refractivity (Wildman–Crippen MR) is 87.9 cm³/mol. The van der Waals surface area contributed by atoms with Gasteiger partial charge in [-0.15, -0.1) is 0 Å². The summed E-state index contributed by atoms with van der Waals surface area (Å²) in [4.78, 5) is 9.77. The Morgan fingerprint density at radius 3 is 2.54 bits per heavy atom. The quantitative estimate of drug-likeness (QED) is 0.897. The number of benzene rings is 1. The topological polar surface area (TPSA) is 41.1 Å². The molecule has 7 heteroatoms. The van der Waals surface area contributed by atoms with Crippen LogP contribution in [0.5, 0.6) is 0 Å². The second-order valence-electron chi connectivity index (χ2n) is 6.10. The molecule has 0 bridgehead atoms. The van der Waals surface area contributed by atoms with E-state index >= 15 is 0 Å².